The Bertz CT molecular complexity index is 2190. The molecule has 0 saturated heterocycles. The Morgan fingerprint density at radius 1 is 0.576 bits per heavy atom. The van der Waals surface area contributed by atoms with Gasteiger partial charge in [0.15, 0.2) is 17.5 Å². The van der Waals surface area contributed by atoms with Crippen molar-refractivity contribution in [2.75, 3.05) is 0 Å². The predicted octanol–water partition coefficient (Wildman–Crippen LogP) is 7.94. The maximum Gasteiger partial charge on any atom is 0.164 e. The molecule has 5 aromatic carbocycles. The van der Waals surface area contributed by atoms with E-state index < -0.39 is 60.4 Å². The monoisotopic (exact) mass is 498 g/mol. The lowest BCUT2D eigenvalue weighted by Gasteiger charge is -2.11. The van der Waals surface area contributed by atoms with Gasteiger partial charge in [-0.25, -0.2) is 15.0 Å². The molecule has 0 bridgehead atoms. The molecule has 6 aromatic rings. The van der Waals surface area contributed by atoms with Crippen molar-refractivity contribution in [3.63, 3.8) is 0 Å². The second kappa shape index (κ2) is 8.23. The minimum atomic E-state index is -0.604. The van der Waals surface area contributed by atoms with Crippen LogP contribution in [-0.4, -0.2) is 15.0 Å². The van der Waals surface area contributed by atoms with Gasteiger partial charge in [-0.15, -0.1) is 0 Å². The van der Waals surface area contributed by atoms with Crippen LogP contribution in [0.15, 0.2) is 113 Å². The van der Waals surface area contributed by atoms with E-state index in [4.69, 9.17) is 15.1 Å². The zero-order chi connectivity index (χ0) is 31.8. The molecule has 6 rings (SSSR count). The minimum absolute atomic E-state index is 0.0112. The van der Waals surface area contributed by atoms with Crippen LogP contribution in [0.25, 0.3) is 55.7 Å². The summed E-state index contributed by atoms with van der Waals surface area (Å²) in [6.07, 6.45) is 0. The van der Waals surface area contributed by atoms with Crippen LogP contribution in [0.2, 0.25) is 0 Å². The summed E-state index contributed by atoms with van der Waals surface area (Å²) in [6.45, 7) is 0. The fraction of sp³-hybridized carbons (Fsp3) is 0. The number of fused-ring (bicyclic) bond motifs is 2. The van der Waals surface area contributed by atoms with E-state index in [0.717, 1.165) is 10.8 Å². The average Bonchev–Trinajstić information content (AvgIpc) is 3.03. The molecule has 4 heteroatoms. The van der Waals surface area contributed by atoms with E-state index in [1.165, 1.54) is 0 Å². The summed E-state index contributed by atoms with van der Waals surface area (Å²) < 4.78 is 92.5. The van der Waals surface area contributed by atoms with Crippen LogP contribution >= 0.6 is 15.9 Å². The number of aromatic nitrogens is 3. The molecule has 0 saturated carbocycles. The summed E-state index contributed by atoms with van der Waals surface area (Å²) >= 11 is 3.23. The van der Waals surface area contributed by atoms with Gasteiger partial charge in [0, 0.05) is 21.2 Å². The molecular weight excluding hydrogens is 470 g/mol. The highest BCUT2D eigenvalue weighted by Crippen LogP contribution is 2.33. The number of hydrogen-bond acceptors (Lipinski definition) is 3. The van der Waals surface area contributed by atoms with Gasteiger partial charge in [-0.2, -0.15) is 0 Å². The van der Waals surface area contributed by atoms with Crippen LogP contribution in [0.5, 0.6) is 0 Å². The molecular formula is C29H18BrN3. The zero-order valence-electron chi connectivity index (χ0n) is 27.8. The van der Waals surface area contributed by atoms with Gasteiger partial charge < -0.3 is 0 Å². The maximum absolute atomic E-state index is 8.86. The van der Waals surface area contributed by atoms with Crippen molar-refractivity contribution in [2.45, 2.75) is 0 Å². The Morgan fingerprint density at radius 2 is 1.24 bits per heavy atom. The highest BCUT2D eigenvalue weighted by molar-refractivity contribution is 9.10. The summed E-state index contributed by atoms with van der Waals surface area (Å²) in [6, 6.07) is 7.12. The third-order valence-electron chi connectivity index (χ3n) is 5.04. The van der Waals surface area contributed by atoms with Crippen LogP contribution < -0.4 is 0 Å². The van der Waals surface area contributed by atoms with Gasteiger partial charge in [0.25, 0.3) is 0 Å². The van der Waals surface area contributed by atoms with Crippen molar-refractivity contribution >= 4 is 37.5 Å². The van der Waals surface area contributed by atoms with Crippen molar-refractivity contribution in [3.8, 4) is 34.2 Å². The lowest BCUT2D eigenvalue weighted by atomic mass is 10.0. The first-order chi connectivity index (χ1) is 20.8. The predicted molar refractivity (Wildman–Crippen MR) is 139 cm³/mol. The van der Waals surface area contributed by atoms with Gasteiger partial charge in [-0.3, -0.25) is 0 Å². The molecule has 0 radical (unpaired) electrons. The highest BCUT2D eigenvalue weighted by Gasteiger charge is 2.15. The second-order valence-electron chi connectivity index (χ2n) is 7.06. The molecule has 0 aliphatic rings. The van der Waals surface area contributed by atoms with Gasteiger partial charge in [-0.1, -0.05) is 107 Å². The van der Waals surface area contributed by atoms with E-state index >= 15 is 0 Å². The first-order valence-electron chi connectivity index (χ1n) is 15.3. The van der Waals surface area contributed by atoms with Crippen LogP contribution in [0.4, 0.5) is 0 Å². The molecule has 0 unspecified atom stereocenters. The van der Waals surface area contributed by atoms with Crippen molar-refractivity contribution < 1.29 is 15.1 Å². The summed E-state index contributed by atoms with van der Waals surface area (Å²) in [5, 5.41) is 1.60. The van der Waals surface area contributed by atoms with Crippen molar-refractivity contribution in [1.82, 2.24) is 15.0 Å². The largest absolute Gasteiger partial charge is 0.208 e. The van der Waals surface area contributed by atoms with Crippen LogP contribution in [0.1, 0.15) is 15.1 Å². The molecule has 3 nitrogen and oxygen atoms in total. The zero-order valence-corrected chi connectivity index (χ0v) is 18.3. The van der Waals surface area contributed by atoms with Gasteiger partial charge in [0.1, 0.15) is 0 Å². The standard InChI is InChI=1S/C29H18BrN3/c30-26-17-16-25(23-12-6-7-13-24(23)26)29-32-27(20-9-2-1-3-10-20)31-28(33-29)22-15-14-19-8-4-5-11-21(19)18-22/h1-18H/i1D,2D,3D,6D,7D,9D,10D,12D,13D,16D,17D. The topological polar surface area (TPSA) is 38.7 Å². The smallest absolute Gasteiger partial charge is 0.164 e. The SMILES string of the molecule is [2H]c1c([2H])c([2H])c(-c2nc(-c3ccc4ccccc4c3)nc(-c3c([2H])c([2H])c(Br)c4c([2H])c([2H])c([2H])c([2H])c34)n2)c([2H])c1[2H]. The number of benzene rings is 5. The molecule has 0 aliphatic heterocycles. The lowest BCUT2D eigenvalue weighted by Crippen LogP contribution is -2.00. The number of rotatable bonds is 3. The first kappa shape index (κ1) is 11.3. The fourth-order valence-electron chi connectivity index (χ4n) is 3.49. The third-order valence-corrected chi connectivity index (χ3v) is 5.64. The van der Waals surface area contributed by atoms with E-state index in [-0.39, 0.29) is 49.9 Å². The Balaban J connectivity index is 1.78. The van der Waals surface area contributed by atoms with E-state index in [1.807, 2.05) is 30.3 Å². The normalized spacial score (nSPS) is 15.8. The third kappa shape index (κ3) is 3.69. The van der Waals surface area contributed by atoms with Gasteiger partial charge in [0.05, 0.1) is 15.1 Å². The lowest BCUT2D eigenvalue weighted by molar-refractivity contribution is 1.08. The van der Waals surface area contributed by atoms with Crippen molar-refractivity contribution in [2.24, 2.45) is 0 Å². The Hall–Kier alpha value is -3.89. The maximum atomic E-state index is 8.86. The highest BCUT2D eigenvalue weighted by atomic mass is 79.9. The van der Waals surface area contributed by atoms with Crippen LogP contribution in [-0.2, 0) is 0 Å². The second-order valence-corrected chi connectivity index (χ2v) is 7.85. The van der Waals surface area contributed by atoms with Crippen LogP contribution in [0, 0.1) is 0 Å². The molecule has 0 aliphatic carbocycles. The minimum Gasteiger partial charge on any atom is -0.208 e. The Morgan fingerprint density at radius 3 is 2.06 bits per heavy atom. The first-order valence-corrected chi connectivity index (χ1v) is 10.6. The number of halogens is 1. The molecule has 1 aromatic heterocycles. The molecule has 0 amide bonds. The van der Waals surface area contributed by atoms with Gasteiger partial charge in [-0.05, 0) is 39.7 Å². The van der Waals surface area contributed by atoms with Crippen LogP contribution in [0.3, 0.4) is 0 Å². The summed E-state index contributed by atoms with van der Waals surface area (Å²) in [5.41, 5.74) is -0.0391. The van der Waals surface area contributed by atoms with E-state index in [9.17, 15) is 0 Å². The summed E-state index contributed by atoms with van der Waals surface area (Å²) in [5.74, 6) is -0.561. The Labute approximate surface area is 215 Å². The molecule has 33 heavy (non-hydrogen) atoms. The van der Waals surface area contributed by atoms with E-state index in [1.54, 1.807) is 12.1 Å². The summed E-state index contributed by atoms with van der Waals surface area (Å²) in [4.78, 5) is 13.5. The van der Waals surface area contributed by atoms with E-state index in [0.29, 0.717) is 5.56 Å². The fourth-order valence-corrected chi connectivity index (χ4v) is 3.89. The molecule has 0 fully saturated rings. The summed E-state index contributed by atoms with van der Waals surface area (Å²) in [7, 11) is 0. The number of nitrogens with zero attached hydrogens (tertiary/aromatic N) is 3. The molecule has 0 N–H and O–H groups in total. The molecule has 0 spiro atoms. The number of hydrogen-bond donors (Lipinski definition) is 0. The van der Waals surface area contributed by atoms with E-state index in [2.05, 4.69) is 30.9 Å². The van der Waals surface area contributed by atoms with Gasteiger partial charge in [0.2, 0.25) is 0 Å². The quantitative estimate of drug-likeness (QED) is 0.248. The molecule has 0 atom stereocenters. The van der Waals surface area contributed by atoms with Crippen molar-refractivity contribution in [3.05, 3.63) is 113 Å². The Kier molecular flexibility index (Phi) is 2.82. The van der Waals surface area contributed by atoms with Crippen molar-refractivity contribution in [1.29, 1.82) is 0 Å². The van der Waals surface area contributed by atoms with Gasteiger partial charge >= 0.3 is 0 Å². The molecule has 1 heterocycles. The average molecular weight is 499 g/mol. The molecule has 156 valence electrons.